The van der Waals surface area contributed by atoms with Gasteiger partial charge in [-0.2, -0.15) is 0 Å². The van der Waals surface area contributed by atoms with E-state index < -0.39 is 57.8 Å². The largest absolute Gasteiger partial charge is 0.472 e. The number of phosphoric ester groups is 1. The van der Waals surface area contributed by atoms with Crippen molar-refractivity contribution in [3.63, 3.8) is 0 Å². The number of esters is 3. The zero-order valence-corrected chi connectivity index (χ0v) is 50.9. The van der Waals surface area contributed by atoms with Crippen LogP contribution in [0.2, 0.25) is 0 Å². The number of hydrogen-bond acceptors (Lipinski definition) is 10. The molecule has 0 saturated carbocycles. The highest BCUT2D eigenvalue weighted by atomic mass is 31.2. The molecule has 12 heteroatoms. The lowest BCUT2D eigenvalue weighted by molar-refractivity contribution is -0.161. The minimum absolute atomic E-state index is 0.173. The maximum absolute atomic E-state index is 12.9. The summed E-state index contributed by atoms with van der Waals surface area (Å²) in [5, 5.41) is 9.85. The fourth-order valence-corrected chi connectivity index (χ4v) is 10.5. The number of rotatable bonds is 62. The van der Waals surface area contributed by atoms with Gasteiger partial charge in [-0.25, -0.2) is 4.57 Å². The highest BCUT2D eigenvalue weighted by Crippen LogP contribution is 2.43. The van der Waals surface area contributed by atoms with Crippen LogP contribution in [-0.4, -0.2) is 66.5 Å². The van der Waals surface area contributed by atoms with Gasteiger partial charge in [-0.15, -0.1) is 0 Å². The highest BCUT2D eigenvalue weighted by Gasteiger charge is 2.28. The van der Waals surface area contributed by atoms with Gasteiger partial charge >= 0.3 is 25.7 Å². The Hall–Kier alpha value is -1.78. The Kier molecular flexibility index (Phi) is 58.0. The normalized spacial score (nSPS) is 13.3. The van der Waals surface area contributed by atoms with Gasteiger partial charge < -0.3 is 24.2 Å². The molecule has 0 aliphatic rings. The van der Waals surface area contributed by atoms with Gasteiger partial charge in [0.05, 0.1) is 19.8 Å². The van der Waals surface area contributed by atoms with E-state index >= 15 is 0 Å². The SMILES string of the molecule is CCCCCCCC/C=C\CCCCCCCCCCCC(=O)OC(COC(=O)CCCCCCCCCCCCCCC)COP(=O)(O)OCC(CO)OC(=O)CCCCCCCCCCCCCCCCCCC. The summed E-state index contributed by atoms with van der Waals surface area (Å²) in [5.41, 5.74) is 0. The summed E-state index contributed by atoms with van der Waals surface area (Å²) in [6.45, 7) is 4.73. The maximum Gasteiger partial charge on any atom is 0.472 e. The molecule has 76 heavy (non-hydrogen) atoms. The highest BCUT2D eigenvalue weighted by molar-refractivity contribution is 7.47. The van der Waals surface area contributed by atoms with Gasteiger partial charge in [-0.05, 0) is 44.9 Å². The van der Waals surface area contributed by atoms with E-state index in [0.29, 0.717) is 19.3 Å². The first-order valence-corrected chi connectivity index (χ1v) is 34.1. The molecular formula is C64H123O11P. The average molecular weight is 1100 g/mol. The van der Waals surface area contributed by atoms with Crippen molar-refractivity contribution in [2.24, 2.45) is 0 Å². The monoisotopic (exact) mass is 1100 g/mol. The molecule has 0 amide bonds. The van der Waals surface area contributed by atoms with Gasteiger partial charge in [0.25, 0.3) is 0 Å². The van der Waals surface area contributed by atoms with E-state index in [4.69, 9.17) is 23.3 Å². The van der Waals surface area contributed by atoms with Crippen molar-refractivity contribution >= 4 is 25.7 Å². The Morgan fingerprint density at radius 3 is 0.908 bits per heavy atom. The summed E-state index contributed by atoms with van der Waals surface area (Å²) in [7, 11) is -4.74. The topological polar surface area (TPSA) is 155 Å². The molecule has 3 atom stereocenters. The number of carbonyl (C=O) groups is 3. The van der Waals surface area contributed by atoms with E-state index in [-0.39, 0.29) is 25.9 Å². The summed E-state index contributed by atoms with van der Waals surface area (Å²) in [6.07, 6.45) is 60.2. The van der Waals surface area contributed by atoms with E-state index in [9.17, 15) is 28.9 Å². The molecule has 0 aromatic rings. The third-order valence-electron chi connectivity index (χ3n) is 14.7. The fraction of sp³-hybridized carbons (Fsp3) is 0.922. The summed E-state index contributed by atoms with van der Waals surface area (Å²) in [6, 6.07) is 0. The molecule has 0 aromatic carbocycles. The number of carbonyl (C=O) groups excluding carboxylic acids is 3. The van der Waals surface area contributed by atoms with Crippen molar-refractivity contribution < 1.29 is 52.2 Å². The molecule has 0 bridgehead atoms. The molecule has 0 rings (SSSR count). The van der Waals surface area contributed by atoms with Gasteiger partial charge in [0.15, 0.2) is 6.10 Å². The molecule has 0 radical (unpaired) electrons. The number of phosphoric acid groups is 1. The first kappa shape index (κ1) is 74.2. The molecule has 0 aliphatic heterocycles. The predicted molar refractivity (Wildman–Crippen MR) is 317 cm³/mol. The van der Waals surface area contributed by atoms with Crippen LogP contribution < -0.4 is 0 Å². The molecule has 0 aromatic heterocycles. The molecule has 0 heterocycles. The maximum atomic E-state index is 12.9. The summed E-state index contributed by atoms with van der Waals surface area (Å²) in [4.78, 5) is 48.7. The molecule has 0 fully saturated rings. The molecule has 2 N–H and O–H groups in total. The van der Waals surface area contributed by atoms with Crippen molar-refractivity contribution in [1.82, 2.24) is 0 Å². The second-order valence-corrected chi connectivity index (χ2v) is 23.8. The van der Waals surface area contributed by atoms with Crippen molar-refractivity contribution in [2.75, 3.05) is 26.4 Å². The van der Waals surface area contributed by atoms with Crippen molar-refractivity contribution in [3.8, 4) is 0 Å². The van der Waals surface area contributed by atoms with Crippen LogP contribution in [0.15, 0.2) is 12.2 Å². The molecular weight excluding hydrogens is 976 g/mol. The van der Waals surface area contributed by atoms with Gasteiger partial charge in [0, 0.05) is 19.3 Å². The molecule has 0 saturated heterocycles. The third kappa shape index (κ3) is 56.9. The number of aliphatic hydroxyl groups is 1. The van der Waals surface area contributed by atoms with Crippen molar-refractivity contribution in [3.05, 3.63) is 12.2 Å². The Morgan fingerprint density at radius 2 is 0.605 bits per heavy atom. The van der Waals surface area contributed by atoms with Crippen LogP contribution in [0.4, 0.5) is 0 Å². The smallest absolute Gasteiger partial charge is 0.462 e. The second-order valence-electron chi connectivity index (χ2n) is 22.3. The molecule has 450 valence electrons. The van der Waals surface area contributed by atoms with E-state index in [2.05, 4.69) is 32.9 Å². The number of ether oxygens (including phenoxy) is 3. The number of unbranched alkanes of at least 4 members (excludes halogenated alkanes) is 43. The van der Waals surface area contributed by atoms with Crippen LogP contribution in [0, 0.1) is 0 Å². The van der Waals surface area contributed by atoms with Crippen LogP contribution >= 0.6 is 7.82 Å². The minimum Gasteiger partial charge on any atom is -0.462 e. The minimum atomic E-state index is -4.74. The van der Waals surface area contributed by atoms with Gasteiger partial charge in [-0.3, -0.25) is 23.4 Å². The molecule has 3 unspecified atom stereocenters. The van der Waals surface area contributed by atoms with E-state index in [0.717, 1.165) is 57.8 Å². The summed E-state index contributed by atoms with van der Waals surface area (Å²) < 4.78 is 39.7. The van der Waals surface area contributed by atoms with Crippen LogP contribution in [0.5, 0.6) is 0 Å². The second kappa shape index (κ2) is 59.3. The lowest BCUT2D eigenvalue weighted by Crippen LogP contribution is -2.30. The summed E-state index contributed by atoms with van der Waals surface area (Å²) in [5.74, 6) is -1.43. The molecule has 0 aliphatic carbocycles. The van der Waals surface area contributed by atoms with Gasteiger partial charge in [0.2, 0.25) is 0 Å². The first-order chi connectivity index (χ1) is 37.2. The Balaban J connectivity index is 4.61. The van der Waals surface area contributed by atoms with Crippen LogP contribution in [-0.2, 0) is 42.2 Å². The Labute approximate surface area is 468 Å². The zero-order valence-electron chi connectivity index (χ0n) is 50.0. The van der Waals surface area contributed by atoms with Crippen molar-refractivity contribution in [1.29, 1.82) is 0 Å². The Morgan fingerprint density at radius 1 is 0.355 bits per heavy atom. The molecule has 0 spiro atoms. The molecule has 11 nitrogen and oxygen atoms in total. The zero-order chi connectivity index (χ0) is 55.5. The van der Waals surface area contributed by atoms with Crippen LogP contribution in [0.3, 0.4) is 0 Å². The van der Waals surface area contributed by atoms with Gasteiger partial charge in [0.1, 0.15) is 12.7 Å². The number of allylic oxidation sites excluding steroid dienone is 2. The van der Waals surface area contributed by atoms with Gasteiger partial charge in [-0.1, -0.05) is 290 Å². The average Bonchev–Trinajstić information content (AvgIpc) is 3.41. The van der Waals surface area contributed by atoms with Crippen LogP contribution in [0.25, 0.3) is 0 Å². The van der Waals surface area contributed by atoms with E-state index in [1.54, 1.807) is 0 Å². The lowest BCUT2D eigenvalue weighted by atomic mass is 10.0. The standard InChI is InChI=1S/C64H123O11P/c1-4-7-10-13-16-19-22-25-27-29-30-32-34-37-40-43-46-49-52-55-64(68)75-61(57-71-62(66)53-50-47-44-41-38-35-24-21-18-15-12-9-6-3)59-73-76(69,70)72-58-60(56-65)74-63(67)54-51-48-45-42-39-36-33-31-28-26-23-20-17-14-11-8-5-2/h25,27,60-61,65H,4-24,26,28-59H2,1-3H3,(H,69,70)/b27-25-. The Bertz CT molecular complexity index is 1330. The van der Waals surface area contributed by atoms with Crippen molar-refractivity contribution in [2.45, 2.75) is 354 Å². The van der Waals surface area contributed by atoms with E-state index in [1.807, 2.05) is 0 Å². The van der Waals surface area contributed by atoms with E-state index in [1.165, 1.54) is 225 Å². The third-order valence-corrected chi connectivity index (χ3v) is 15.6. The fourth-order valence-electron chi connectivity index (χ4n) is 9.71. The summed E-state index contributed by atoms with van der Waals surface area (Å²) >= 11 is 0. The lowest BCUT2D eigenvalue weighted by Gasteiger charge is -2.21. The predicted octanol–water partition coefficient (Wildman–Crippen LogP) is 19.6. The number of aliphatic hydroxyl groups excluding tert-OH is 1. The first-order valence-electron chi connectivity index (χ1n) is 32.6. The number of hydrogen-bond donors (Lipinski definition) is 2. The van der Waals surface area contributed by atoms with Crippen LogP contribution in [0.1, 0.15) is 342 Å². The quantitative estimate of drug-likeness (QED) is 0.0197.